The number of hydrogen-bond donors (Lipinski definition) is 1. The first kappa shape index (κ1) is 21.8. The molecule has 3 heterocycles. The van der Waals surface area contributed by atoms with Crippen LogP contribution in [0.2, 0.25) is 0 Å². The zero-order valence-corrected chi connectivity index (χ0v) is 20.0. The Labute approximate surface area is 196 Å². The Balaban J connectivity index is 1.29. The maximum Gasteiger partial charge on any atom is 0.341 e. The second-order valence-corrected chi connectivity index (χ2v) is 10.7. The van der Waals surface area contributed by atoms with E-state index in [-0.39, 0.29) is 17.6 Å². The number of thiophene rings is 1. The van der Waals surface area contributed by atoms with Gasteiger partial charge in [0, 0.05) is 24.0 Å². The maximum atomic E-state index is 12.8. The first-order chi connectivity index (χ1) is 15.7. The summed E-state index contributed by atoms with van der Waals surface area (Å²) < 4.78 is 7.24. The van der Waals surface area contributed by atoms with Crippen molar-refractivity contribution < 1.29 is 14.3 Å². The van der Waals surface area contributed by atoms with Gasteiger partial charge in [0.25, 0.3) is 0 Å². The van der Waals surface area contributed by atoms with Crippen LogP contribution in [0.25, 0.3) is 0 Å². The van der Waals surface area contributed by atoms with Gasteiger partial charge < -0.3 is 15.0 Å². The van der Waals surface area contributed by atoms with Crippen molar-refractivity contribution in [3.8, 4) is 0 Å². The molecule has 2 fully saturated rings. The van der Waals surface area contributed by atoms with Crippen molar-refractivity contribution in [3.05, 3.63) is 16.0 Å². The highest BCUT2D eigenvalue weighted by Gasteiger charge is 2.32. The fourth-order valence-corrected chi connectivity index (χ4v) is 6.69. The number of carbonyl (C=O) groups is 2. The molecule has 172 valence electrons. The number of aryl methyl sites for hydroxylation is 1. The smallest absolute Gasteiger partial charge is 0.341 e. The molecule has 2 aromatic rings. The van der Waals surface area contributed by atoms with Crippen LogP contribution in [0, 0.1) is 0 Å². The van der Waals surface area contributed by atoms with E-state index in [9.17, 15) is 9.59 Å². The number of ether oxygens (including phenoxy) is 1. The number of nitrogens with zero attached hydrogens (tertiary/aromatic N) is 4. The summed E-state index contributed by atoms with van der Waals surface area (Å²) in [6.07, 6.45) is 9.94. The minimum absolute atomic E-state index is 0.136. The Morgan fingerprint density at radius 3 is 2.66 bits per heavy atom. The topological polar surface area (TPSA) is 89.3 Å². The number of carbonyl (C=O) groups excluding carboxylic acids is 2. The molecule has 2 aromatic heterocycles. The SMILES string of the molecule is COC(=O)c1c(NC(=O)CSc2nnc(N3CCCCC3)n2C2CC2)sc2c1CCCC2. The first-order valence-electron chi connectivity index (χ1n) is 11.5. The molecule has 2 aliphatic carbocycles. The van der Waals surface area contributed by atoms with Crippen LogP contribution in [0.15, 0.2) is 5.16 Å². The number of methoxy groups -OCH3 is 1. The molecule has 32 heavy (non-hydrogen) atoms. The number of esters is 1. The molecule has 0 radical (unpaired) electrons. The second-order valence-electron chi connectivity index (χ2n) is 8.67. The lowest BCUT2D eigenvalue weighted by Gasteiger charge is -2.27. The van der Waals surface area contributed by atoms with Crippen molar-refractivity contribution in [2.75, 3.05) is 36.2 Å². The monoisotopic (exact) mass is 475 g/mol. The number of amides is 1. The third kappa shape index (κ3) is 4.39. The van der Waals surface area contributed by atoms with Crippen molar-refractivity contribution in [1.82, 2.24) is 14.8 Å². The van der Waals surface area contributed by atoms with Gasteiger partial charge in [-0.3, -0.25) is 9.36 Å². The third-order valence-electron chi connectivity index (χ3n) is 6.34. The number of fused-ring (bicyclic) bond motifs is 1. The molecule has 3 aliphatic rings. The van der Waals surface area contributed by atoms with E-state index in [4.69, 9.17) is 4.74 Å². The quantitative estimate of drug-likeness (QED) is 0.477. The number of aromatic nitrogens is 3. The molecule has 1 saturated heterocycles. The Bertz CT molecular complexity index is 1010. The molecular formula is C22H29N5O3S2. The maximum absolute atomic E-state index is 12.8. The van der Waals surface area contributed by atoms with E-state index in [1.54, 1.807) is 0 Å². The molecule has 1 amide bonds. The average molecular weight is 476 g/mol. The average Bonchev–Trinajstić information content (AvgIpc) is 3.46. The highest BCUT2D eigenvalue weighted by Crippen LogP contribution is 2.42. The fourth-order valence-electron chi connectivity index (χ4n) is 4.59. The number of rotatable bonds is 7. The van der Waals surface area contributed by atoms with E-state index in [0.717, 1.165) is 68.3 Å². The highest BCUT2D eigenvalue weighted by atomic mass is 32.2. The van der Waals surface area contributed by atoms with Gasteiger partial charge in [0.2, 0.25) is 11.9 Å². The lowest BCUT2D eigenvalue weighted by atomic mass is 9.95. The lowest BCUT2D eigenvalue weighted by molar-refractivity contribution is -0.113. The van der Waals surface area contributed by atoms with E-state index in [0.29, 0.717) is 16.6 Å². The van der Waals surface area contributed by atoms with Crippen molar-refractivity contribution in [2.45, 2.75) is 69.0 Å². The highest BCUT2D eigenvalue weighted by molar-refractivity contribution is 7.99. The molecule has 8 nitrogen and oxygen atoms in total. The van der Waals surface area contributed by atoms with E-state index in [2.05, 4.69) is 25.0 Å². The Morgan fingerprint density at radius 2 is 1.91 bits per heavy atom. The van der Waals surface area contributed by atoms with Crippen LogP contribution >= 0.6 is 23.1 Å². The Hall–Kier alpha value is -2.07. The molecule has 1 N–H and O–H groups in total. The minimum atomic E-state index is -0.369. The van der Waals surface area contributed by atoms with Gasteiger partial charge in [-0.15, -0.1) is 21.5 Å². The van der Waals surface area contributed by atoms with E-state index in [1.165, 1.54) is 54.3 Å². The third-order valence-corrected chi connectivity index (χ3v) is 8.49. The standard InChI is InChI=1S/C22H29N5O3S2/c1-30-20(29)18-15-7-3-4-8-16(15)32-19(18)23-17(28)13-31-22-25-24-21(27(22)14-9-10-14)26-11-5-2-6-12-26/h14H,2-13H2,1H3,(H,23,28). The summed E-state index contributed by atoms with van der Waals surface area (Å²) in [5, 5.41) is 13.3. The summed E-state index contributed by atoms with van der Waals surface area (Å²) in [5.74, 6) is 0.679. The molecule has 1 aliphatic heterocycles. The molecule has 0 aromatic carbocycles. The predicted octanol–water partition coefficient (Wildman–Crippen LogP) is 4.06. The van der Waals surface area contributed by atoms with Gasteiger partial charge in [-0.25, -0.2) is 4.79 Å². The number of anilines is 2. The van der Waals surface area contributed by atoms with Gasteiger partial charge in [-0.05, 0) is 63.4 Å². The molecule has 1 saturated carbocycles. The first-order valence-corrected chi connectivity index (χ1v) is 13.3. The van der Waals surface area contributed by atoms with Gasteiger partial charge in [0.05, 0.1) is 18.4 Å². The molecule has 5 rings (SSSR count). The summed E-state index contributed by atoms with van der Waals surface area (Å²) in [4.78, 5) is 28.8. The van der Waals surface area contributed by atoms with Crippen LogP contribution in [0.1, 0.15) is 71.8 Å². The molecule has 0 unspecified atom stereocenters. The minimum Gasteiger partial charge on any atom is -0.465 e. The largest absolute Gasteiger partial charge is 0.465 e. The molecule has 0 bridgehead atoms. The van der Waals surface area contributed by atoms with E-state index >= 15 is 0 Å². The van der Waals surface area contributed by atoms with Crippen molar-refractivity contribution in [3.63, 3.8) is 0 Å². The molecule has 0 spiro atoms. The van der Waals surface area contributed by atoms with Crippen LogP contribution in [-0.2, 0) is 22.4 Å². The number of hydrogen-bond acceptors (Lipinski definition) is 8. The van der Waals surface area contributed by atoms with Gasteiger partial charge in [0.1, 0.15) is 5.00 Å². The summed E-state index contributed by atoms with van der Waals surface area (Å²) in [6, 6.07) is 0.447. The van der Waals surface area contributed by atoms with E-state index < -0.39 is 0 Å². The second kappa shape index (κ2) is 9.43. The van der Waals surface area contributed by atoms with Crippen LogP contribution in [0.5, 0.6) is 0 Å². The van der Waals surface area contributed by atoms with Crippen molar-refractivity contribution in [2.24, 2.45) is 0 Å². The Kier molecular flexibility index (Phi) is 6.41. The zero-order chi connectivity index (χ0) is 22.1. The number of piperidine rings is 1. The van der Waals surface area contributed by atoms with Crippen LogP contribution in [0.4, 0.5) is 10.9 Å². The van der Waals surface area contributed by atoms with Crippen LogP contribution in [-0.4, -0.2) is 52.6 Å². The summed E-state index contributed by atoms with van der Waals surface area (Å²) >= 11 is 2.94. The molecule has 0 atom stereocenters. The van der Waals surface area contributed by atoms with Gasteiger partial charge in [-0.1, -0.05) is 11.8 Å². The van der Waals surface area contributed by atoms with Gasteiger partial charge in [0.15, 0.2) is 5.16 Å². The molecule has 10 heteroatoms. The normalized spacial score (nSPS) is 18.3. The summed E-state index contributed by atoms with van der Waals surface area (Å²) in [6.45, 7) is 2.05. The van der Waals surface area contributed by atoms with Crippen molar-refractivity contribution in [1.29, 1.82) is 0 Å². The van der Waals surface area contributed by atoms with E-state index in [1.807, 2.05) is 0 Å². The number of thioether (sulfide) groups is 1. The Morgan fingerprint density at radius 1 is 1.12 bits per heavy atom. The summed E-state index contributed by atoms with van der Waals surface area (Å²) in [5.41, 5.74) is 1.59. The zero-order valence-electron chi connectivity index (χ0n) is 18.4. The number of nitrogens with one attached hydrogen (secondary N) is 1. The van der Waals surface area contributed by atoms with Gasteiger partial charge in [-0.2, -0.15) is 0 Å². The molecular weight excluding hydrogens is 446 g/mol. The lowest BCUT2D eigenvalue weighted by Crippen LogP contribution is -2.32. The predicted molar refractivity (Wildman–Crippen MR) is 126 cm³/mol. The fraction of sp³-hybridized carbons (Fsp3) is 0.636. The van der Waals surface area contributed by atoms with Crippen molar-refractivity contribution >= 4 is 45.9 Å². The summed E-state index contributed by atoms with van der Waals surface area (Å²) in [7, 11) is 1.39. The van der Waals surface area contributed by atoms with Crippen LogP contribution < -0.4 is 10.2 Å². The van der Waals surface area contributed by atoms with Gasteiger partial charge >= 0.3 is 5.97 Å². The van der Waals surface area contributed by atoms with Crippen LogP contribution in [0.3, 0.4) is 0 Å².